The highest BCUT2D eigenvalue weighted by molar-refractivity contribution is 5.94. The Kier molecular flexibility index (Phi) is 6.03. The van der Waals surface area contributed by atoms with E-state index in [4.69, 9.17) is 0 Å². The standard InChI is InChI=1S/C17H27N3O/c1-3-6-14-7-5-11-20(12-10-14)17(21)15-8-9-16(18-4-2)19-13-15/h8-9,13-14H,3-7,10-12H2,1-2H3,(H,18,19). The van der Waals surface area contributed by atoms with Crippen molar-refractivity contribution in [3.63, 3.8) is 0 Å². The Balaban J connectivity index is 1.95. The number of aromatic nitrogens is 1. The van der Waals surface area contributed by atoms with E-state index in [1.165, 1.54) is 19.3 Å². The number of rotatable bonds is 5. The third-order valence-electron chi connectivity index (χ3n) is 4.20. The van der Waals surface area contributed by atoms with Crippen LogP contribution in [0.25, 0.3) is 0 Å². The average molecular weight is 289 g/mol. The second-order valence-corrected chi connectivity index (χ2v) is 5.84. The fraction of sp³-hybridized carbons (Fsp3) is 0.647. The van der Waals surface area contributed by atoms with Gasteiger partial charge in [-0.15, -0.1) is 0 Å². The number of anilines is 1. The summed E-state index contributed by atoms with van der Waals surface area (Å²) in [5.41, 5.74) is 0.700. The number of nitrogens with one attached hydrogen (secondary N) is 1. The zero-order valence-electron chi connectivity index (χ0n) is 13.3. The van der Waals surface area contributed by atoms with Gasteiger partial charge in [-0.1, -0.05) is 19.8 Å². The van der Waals surface area contributed by atoms with Gasteiger partial charge in [-0.3, -0.25) is 4.79 Å². The van der Waals surface area contributed by atoms with Crippen LogP contribution in [0.2, 0.25) is 0 Å². The van der Waals surface area contributed by atoms with E-state index in [1.54, 1.807) is 6.20 Å². The first-order valence-electron chi connectivity index (χ1n) is 8.23. The van der Waals surface area contributed by atoms with E-state index < -0.39 is 0 Å². The van der Waals surface area contributed by atoms with Crippen LogP contribution in [0.5, 0.6) is 0 Å². The second kappa shape index (κ2) is 8.01. The van der Waals surface area contributed by atoms with Gasteiger partial charge in [0.05, 0.1) is 5.56 Å². The Labute approximate surface area is 127 Å². The number of nitrogens with zero attached hydrogens (tertiary/aromatic N) is 2. The Morgan fingerprint density at radius 1 is 1.33 bits per heavy atom. The van der Waals surface area contributed by atoms with Gasteiger partial charge in [0.15, 0.2) is 0 Å². The first-order valence-corrected chi connectivity index (χ1v) is 8.23. The zero-order chi connectivity index (χ0) is 15.1. The molecule has 0 aliphatic carbocycles. The van der Waals surface area contributed by atoms with Gasteiger partial charge in [-0.05, 0) is 44.2 Å². The van der Waals surface area contributed by atoms with Gasteiger partial charge in [0.1, 0.15) is 5.82 Å². The molecule has 4 heteroatoms. The van der Waals surface area contributed by atoms with Crippen molar-refractivity contribution in [3.05, 3.63) is 23.9 Å². The molecule has 2 rings (SSSR count). The van der Waals surface area contributed by atoms with E-state index in [0.717, 1.165) is 44.2 Å². The van der Waals surface area contributed by atoms with E-state index >= 15 is 0 Å². The summed E-state index contributed by atoms with van der Waals surface area (Å²) in [5, 5.41) is 3.15. The second-order valence-electron chi connectivity index (χ2n) is 5.84. The molecule has 1 saturated heterocycles. The molecule has 1 aromatic rings. The van der Waals surface area contributed by atoms with Crippen LogP contribution >= 0.6 is 0 Å². The molecule has 1 atom stereocenters. The molecule has 1 aromatic heterocycles. The fourth-order valence-corrected chi connectivity index (χ4v) is 3.05. The lowest BCUT2D eigenvalue weighted by atomic mass is 9.96. The highest BCUT2D eigenvalue weighted by Crippen LogP contribution is 2.22. The largest absolute Gasteiger partial charge is 0.370 e. The van der Waals surface area contributed by atoms with Crippen LogP contribution in [0.15, 0.2) is 18.3 Å². The maximum atomic E-state index is 12.6. The molecule has 1 amide bonds. The van der Waals surface area contributed by atoms with Crippen LogP contribution in [0.1, 0.15) is 56.3 Å². The topological polar surface area (TPSA) is 45.2 Å². The van der Waals surface area contributed by atoms with Gasteiger partial charge in [0.25, 0.3) is 5.91 Å². The van der Waals surface area contributed by atoms with Gasteiger partial charge >= 0.3 is 0 Å². The molecule has 4 nitrogen and oxygen atoms in total. The molecule has 2 heterocycles. The van der Waals surface area contributed by atoms with Crippen LogP contribution in [-0.2, 0) is 0 Å². The summed E-state index contributed by atoms with van der Waals surface area (Å²) in [7, 11) is 0. The molecule has 0 spiro atoms. The van der Waals surface area contributed by atoms with Crippen LogP contribution < -0.4 is 5.32 Å². The van der Waals surface area contributed by atoms with Crippen LogP contribution in [-0.4, -0.2) is 35.4 Å². The SMILES string of the molecule is CCCC1CCCN(C(=O)c2ccc(NCC)nc2)CC1. The van der Waals surface area contributed by atoms with E-state index in [0.29, 0.717) is 5.56 Å². The van der Waals surface area contributed by atoms with Gasteiger partial charge in [-0.25, -0.2) is 4.98 Å². The number of hydrogen-bond acceptors (Lipinski definition) is 3. The lowest BCUT2D eigenvalue weighted by Crippen LogP contribution is -2.32. The third-order valence-corrected chi connectivity index (χ3v) is 4.20. The van der Waals surface area contributed by atoms with Crippen molar-refractivity contribution in [2.75, 3.05) is 25.0 Å². The number of likely N-dealkylation sites (tertiary alicyclic amines) is 1. The first-order chi connectivity index (χ1) is 10.2. The monoisotopic (exact) mass is 289 g/mol. The van der Waals surface area contributed by atoms with Gasteiger partial charge in [0, 0.05) is 25.8 Å². The summed E-state index contributed by atoms with van der Waals surface area (Å²) in [6.45, 7) is 6.88. The van der Waals surface area contributed by atoms with Crippen LogP contribution in [0.4, 0.5) is 5.82 Å². The number of pyridine rings is 1. The Hall–Kier alpha value is -1.58. The van der Waals surface area contributed by atoms with Gasteiger partial charge in [0.2, 0.25) is 0 Å². The lowest BCUT2D eigenvalue weighted by molar-refractivity contribution is 0.0759. The number of hydrogen-bond donors (Lipinski definition) is 1. The molecule has 116 valence electrons. The maximum Gasteiger partial charge on any atom is 0.255 e. The van der Waals surface area contributed by atoms with E-state index in [2.05, 4.69) is 17.2 Å². The van der Waals surface area contributed by atoms with Crippen molar-refractivity contribution in [2.24, 2.45) is 5.92 Å². The molecule has 1 aliphatic heterocycles. The highest BCUT2D eigenvalue weighted by atomic mass is 16.2. The highest BCUT2D eigenvalue weighted by Gasteiger charge is 2.21. The molecule has 1 unspecified atom stereocenters. The molecule has 0 aromatic carbocycles. The smallest absolute Gasteiger partial charge is 0.255 e. The zero-order valence-corrected chi connectivity index (χ0v) is 13.3. The number of carbonyl (C=O) groups is 1. The Morgan fingerprint density at radius 2 is 2.19 bits per heavy atom. The molecule has 1 N–H and O–H groups in total. The summed E-state index contributed by atoms with van der Waals surface area (Å²) in [6.07, 6.45) is 7.75. The predicted molar refractivity (Wildman–Crippen MR) is 86.6 cm³/mol. The number of carbonyl (C=O) groups excluding carboxylic acids is 1. The van der Waals surface area contributed by atoms with E-state index in [9.17, 15) is 4.79 Å². The molecule has 0 bridgehead atoms. The summed E-state index contributed by atoms with van der Waals surface area (Å²) < 4.78 is 0. The summed E-state index contributed by atoms with van der Waals surface area (Å²) in [6, 6.07) is 3.76. The first kappa shape index (κ1) is 15.8. The molecule has 1 fully saturated rings. The van der Waals surface area contributed by atoms with Crippen molar-refractivity contribution in [1.29, 1.82) is 0 Å². The summed E-state index contributed by atoms with van der Waals surface area (Å²) in [5.74, 6) is 1.75. The normalized spacial score (nSPS) is 19.1. The van der Waals surface area contributed by atoms with Crippen molar-refractivity contribution in [1.82, 2.24) is 9.88 Å². The van der Waals surface area contributed by atoms with Gasteiger partial charge in [-0.2, -0.15) is 0 Å². The minimum absolute atomic E-state index is 0.127. The van der Waals surface area contributed by atoms with Crippen LogP contribution in [0, 0.1) is 5.92 Å². The van der Waals surface area contributed by atoms with E-state index in [1.807, 2.05) is 24.0 Å². The number of amides is 1. The fourth-order valence-electron chi connectivity index (χ4n) is 3.05. The van der Waals surface area contributed by atoms with Crippen molar-refractivity contribution in [3.8, 4) is 0 Å². The van der Waals surface area contributed by atoms with Gasteiger partial charge < -0.3 is 10.2 Å². The maximum absolute atomic E-state index is 12.6. The Morgan fingerprint density at radius 3 is 2.86 bits per heavy atom. The molecular formula is C17H27N3O. The quantitative estimate of drug-likeness (QED) is 0.901. The molecule has 0 saturated carbocycles. The summed E-state index contributed by atoms with van der Waals surface area (Å²) in [4.78, 5) is 18.8. The Bertz CT molecular complexity index is 444. The third kappa shape index (κ3) is 4.45. The average Bonchev–Trinajstić information content (AvgIpc) is 2.74. The van der Waals surface area contributed by atoms with Crippen molar-refractivity contribution >= 4 is 11.7 Å². The van der Waals surface area contributed by atoms with Crippen LogP contribution in [0.3, 0.4) is 0 Å². The molecule has 21 heavy (non-hydrogen) atoms. The lowest BCUT2D eigenvalue weighted by Gasteiger charge is -2.20. The molecule has 1 aliphatic rings. The summed E-state index contributed by atoms with van der Waals surface area (Å²) >= 11 is 0. The minimum atomic E-state index is 0.127. The predicted octanol–water partition coefficient (Wildman–Crippen LogP) is 3.56. The molecular weight excluding hydrogens is 262 g/mol. The van der Waals surface area contributed by atoms with Crippen molar-refractivity contribution < 1.29 is 4.79 Å². The van der Waals surface area contributed by atoms with Crippen molar-refractivity contribution in [2.45, 2.75) is 46.0 Å². The molecule has 0 radical (unpaired) electrons. The minimum Gasteiger partial charge on any atom is -0.370 e. The van der Waals surface area contributed by atoms with E-state index in [-0.39, 0.29) is 5.91 Å².